The lowest BCUT2D eigenvalue weighted by atomic mass is 10.1. The number of amides is 1. The van der Waals surface area contributed by atoms with Gasteiger partial charge in [-0.1, -0.05) is 42.5 Å². The van der Waals surface area contributed by atoms with E-state index in [1.54, 1.807) is 41.7 Å². The molecule has 1 unspecified atom stereocenters. The molecule has 0 aliphatic heterocycles. The molecule has 0 spiro atoms. The van der Waals surface area contributed by atoms with Gasteiger partial charge in [-0.25, -0.2) is 4.98 Å². The number of benzene rings is 2. The van der Waals surface area contributed by atoms with Crippen molar-refractivity contribution < 1.29 is 22.7 Å². The number of carbonyl (C=O) groups is 1. The second kappa shape index (κ2) is 9.58. The number of hydrogen-bond donors (Lipinski definition) is 1. The fourth-order valence-electron chi connectivity index (χ4n) is 2.67. The summed E-state index contributed by atoms with van der Waals surface area (Å²) in [6.45, 7) is 2.27. The first-order valence-corrected chi connectivity index (χ1v) is 9.93. The Morgan fingerprint density at radius 2 is 1.87 bits per heavy atom. The minimum atomic E-state index is -4.60. The van der Waals surface area contributed by atoms with E-state index < -0.39 is 18.1 Å². The maximum Gasteiger partial charge on any atom is 0.412 e. The number of alkyl halides is 3. The average molecular weight is 432 g/mol. The van der Waals surface area contributed by atoms with Crippen LogP contribution in [-0.4, -0.2) is 17.1 Å². The first-order chi connectivity index (χ1) is 14.3. The molecule has 1 amide bonds. The predicted molar refractivity (Wildman–Crippen MR) is 110 cm³/mol. The maximum absolute atomic E-state index is 13.3. The van der Waals surface area contributed by atoms with Crippen molar-refractivity contribution in [2.24, 2.45) is 0 Å². The maximum atomic E-state index is 13.3. The van der Waals surface area contributed by atoms with Gasteiger partial charge in [0.1, 0.15) is 12.4 Å². The van der Waals surface area contributed by atoms with Crippen LogP contribution in [0.25, 0.3) is 6.08 Å². The number of thiazole rings is 1. The highest BCUT2D eigenvalue weighted by Crippen LogP contribution is 2.32. The van der Waals surface area contributed by atoms with E-state index in [4.69, 9.17) is 4.74 Å². The number of aromatic nitrogens is 1. The van der Waals surface area contributed by atoms with Gasteiger partial charge in [0.2, 0.25) is 5.91 Å². The first-order valence-electron chi connectivity index (χ1n) is 9.05. The van der Waals surface area contributed by atoms with Crippen molar-refractivity contribution in [3.63, 3.8) is 0 Å². The van der Waals surface area contributed by atoms with Gasteiger partial charge in [-0.05, 0) is 36.3 Å². The van der Waals surface area contributed by atoms with Gasteiger partial charge >= 0.3 is 6.18 Å². The summed E-state index contributed by atoms with van der Waals surface area (Å²) in [6, 6.07) is 12.1. The molecule has 0 fully saturated rings. The third-order valence-electron chi connectivity index (χ3n) is 4.11. The Labute approximate surface area is 176 Å². The number of carbonyl (C=O) groups excluding carboxylic acids is 1. The SMILES string of the molecule is Cc1nc(COc2ccc(/C=C/C(=O)NC(c3ccccc3)C(F)(F)F)cc2)cs1. The van der Waals surface area contributed by atoms with Gasteiger partial charge in [-0.3, -0.25) is 4.79 Å². The van der Waals surface area contributed by atoms with Crippen LogP contribution in [-0.2, 0) is 11.4 Å². The monoisotopic (exact) mass is 432 g/mol. The first kappa shape index (κ1) is 21.6. The largest absolute Gasteiger partial charge is 0.487 e. The Kier molecular flexibility index (Phi) is 6.89. The number of ether oxygens (including phenoxy) is 1. The van der Waals surface area contributed by atoms with Gasteiger partial charge in [0, 0.05) is 11.5 Å². The second-order valence-corrected chi connectivity index (χ2v) is 7.51. The van der Waals surface area contributed by atoms with E-state index in [1.807, 2.05) is 17.6 Å². The van der Waals surface area contributed by atoms with Crippen LogP contribution in [0.15, 0.2) is 66.1 Å². The number of hydrogen-bond acceptors (Lipinski definition) is 4. The van der Waals surface area contributed by atoms with Gasteiger partial charge < -0.3 is 10.1 Å². The van der Waals surface area contributed by atoms with Gasteiger partial charge in [0.05, 0.1) is 10.7 Å². The fraction of sp³-hybridized carbons (Fsp3) is 0.182. The highest BCUT2D eigenvalue weighted by atomic mass is 32.1. The van der Waals surface area contributed by atoms with Crippen LogP contribution in [0.4, 0.5) is 13.2 Å². The van der Waals surface area contributed by atoms with Crippen LogP contribution in [0, 0.1) is 6.92 Å². The van der Waals surface area contributed by atoms with E-state index in [0.29, 0.717) is 17.9 Å². The molecule has 2 aromatic carbocycles. The number of nitrogens with zero attached hydrogens (tertiary/aromatic N) is 1. The second-order valence-electron chi connectivity index (χ2n) is 6.44. The summed E-state index contributed by atoms with van der Waals surface area (Å²) < 4.78 is 45.6. The van der Waals surface area contributed by atoms with E-state index in [2.05, 4.69) is 4.98 Å². The summed E-state index contributed by atoms with van der Waals surface area (Å²) in [5.74, 6) is -0.205. The van der Waals surface area contributed by atoms with Crippen molar-refractivity contribution in [1.29, 1.82) is 0 Å². The zero-order valence-corrected chi connectivity index (χ0v) is 16.8. The van der Waals surface area contributed by atoms with Crippen molar-refractivity contribution in [3.8, 4) is 5.75 Å². The highest BCUT2D eigenvalue weighted by molar-refractivity contribution is 7.09. The molecule has 4 nitrogen and oxygen atoms in total. The van der Waals surface area contributed by atoms with Gasteiger partial charge in [0.15, 0.2) is 6.04 Å². The Bertz CT molecular complexity index is 999. The Balaban J connectivity index is 1.58. The number of rotatable bonds is 7. The lowest BCUT2D eigenvalue weighted by Gasteiger charge is -2.21. The molecule has 1 aromatic heterocycles. The van der Waals surface area contributed by atoms with Crippen LogP contribution in [0.3, 0.4) is 0 Å². The molecule has 1 heterocycles. The number of nitrogens with one attached hydrogen (secondary N) is 1. The van der Waals surface area contributed by atoms with Crippen LogP contribution in [0.1, 0.15) is 27.9 Å². The molecule has 0 radical (unpaired) electrons. The predicted octanol–water partition coefficient (Wildman–Crippen LogP) is 5.46. The molecule has 156 valence electrons. The van der Waals surface area contributed by atoms with Crippen LogP contribution in [0.5, 0.6) is 5.75 Å². The summed E-state index contributed by atoms with van der Waals surface area (Å²) >= 11 is 1.55. The third-order valence-corrected chi connectivity index (χ3v) is 4.93. The van der Waals surface area contributed by atoms with Crippen molar-refractivity contribution >= 4 is 23.3 Å². The molecule has 3 rings (SSSR count). The molecule has 8 heteroatoms. The molecule has 0 aliphatic carbocycles. The standard InChI is InChI=1S/C22H19F3N2O2S/c1-15-26-18(14-30-15)13-29-19-10-7-16(8-11-19)9-12-20(28)27-21(22(23,24)25)17-5-3-2-4-6-17/h2-12,14,21H,13H2,1H3,(H,27,28)/b12-9+. The summed E-state index contributed by atoms with van der Waals surface area (Å²) in [5, 5.41) is 4.90. The molecule has 0 bridgehead atoms. The fourth-order valence-corrected chi connectivity index (χ4v) is 3.27. The zero-order chi connectivity index (χ0) is 21.6. The van der Waals surface area contributed by atoms with Gasteiger partial charge in [-0.15, -0.1) is 11.3 Å². The quantitative estimate of drug-likeness (QED) is 0.504. The van der Waals surface area contributed by atoms with Crippen LogP contribution < -0.4 is 10.1 Å². The number of aryl methyl sites for hydroxylation is 1. The van der Waals surface area contributed by atoms with Gasteiger partial charge in [0.25, 0.3) is 0 Å². The Hall–Kier alpha value is -3.13. The summed E-state index contributed by atoms with van der Waals surface area (Å²) in [6.07, 6.45) is -2.07. The molecule has 0 saturated heterocycles. The van der Waals surface area contributed by atoms with E-state index in [0.717, 1.165) is 16.8 Å². The summed E-state index contributed by atoms with van der Waals surface area (Å²) in [5.41, 5.74) is 1.48. The van der Waals surface area contributed by atoms with E-state index in [1.165, 1.54) is 30.3 Å². The Morgan fingerprint density at radius 3 is 2.47 bits per heavy atom. The molecule has 0 aliphatic rings. The van der Waals surface area contributed by atoms with E-state index >= 15 is 0 Å². The Morgan fingerprint density at radius 1 is 1.17 bits per heavy atom. The minimum absolute atomic E-state index is 0.0245. The lowest BCUT2D eigenvalue weighted by molar-refractivity contribution is -0.162. The summed E-state index contributed by atoms with van der Waals surface area (Å²) in [4.78, 5) is 16.4. The molecular weight excluding hydrogens is 413 g/mol. The average Bonchev–Trinajstić information content (AvgIpc) is 3.14. The topological polar surface area (TPSA) is 51.2 Å². The number of halogens is 3. The van der Waals surface area contributed by atoms with Gasteiger partial charge in [-0.2, -0.15) is 13.2 Å². The normalized spacial score (nSPS) is 12.7. The molecule has 0 saturated carbocycles. The van der Waals surface area contributed by atoms with Crippen molar-refractivity contribution in [3.05, 3.63) is 87.9 Å². The highest BCUT2D eigenvalue weighted by Gasteiger charge is 2.41. The lowest BCUT2D eigenvalue weighted by Crippen LogP contribution is -2.37. The molecule has 30 heavy (non-hydrogen) atoms. The molecular formula is C22H19F3N2O2S. The van der Waals surface area contributed by atoms with Crippen LogP contribution >= 0.6 is 11.3 Å². The molecule has 1 atom stereocenters. The molecule has 1 N–H and O–H groups in total. The van der Waals surface area contributed by atoms with E-state index in [-0.39, 0.29) is 5.56 Å². The van der Waals surface area contributed by atoms with E-state index in [9.17, 15) is 18.0 Å². The minimum Gasteiger partial charge on any atom is -0.487 e. The van der Waals surface area contributed by atoms with Crippen molar-refractivity contribution in [2.75, 3.05) is 0 Å². The van der Waals surface area contributed by atoms with Crippen molar-refractivity contribution in [2.45, 2.75) is 25.7 Å². The third kappa shape index (κ3) is 6.18. The molecule has 3 aromatic rings. The smallest absolute Gasteiger partial charge is 0.412 e. The zero-order valence-electron chi connectivity index (χ0n) is 16.0. The summed E-state index contributed by atoms with van der Waals surface area (Å²) in [7, 11) is 0. The van der Waals surface area contributed by atoms with Crippen molar-refractivity contribution in [1.82, 2.24) is 10.3 Å². The van der Waals surface area contributed by atoms with Crippen LogP contribution in [0.2, 0.25) is 0 Å².